The van der Waals surface area contributed by atoms with Crippen molar-refractivity contribution in [1.82, 2.24) is 0 Å². The summed E-state index contributed by atoms with van der Waals surface area (Å²) in [4.78, 5) is 12.1. The Morgan fingerprint density at radius 3 is 2.48 bits per heavy atom. The first-order chi connectivity index (χ1) is 11.8. The van der Waals surface area contributed by atoms with Crippen LogP contribution < -0.4 is 5.43 Å². The van der Waals surface area contributed by atoms with E-state index in [-0.39, 0.29) is 11.5 Å². The molecule has 2 rings (SSSR count). The maximum absolute atomic E-state index is 12.8. The lowest BCUT2D eigenvalue weighted by Crippen LogP contribution is -2.28. The summed E-state index contributed by atoms with van der Waals surface area (Å²) in [6.45, 7) is 3.44. The highest BCUT2D eigenvalue weighted by molar-refractivity contribution is 8.08. The number of benzene rings is 2. The number of sulfone groups is 1. The number of hydrazone groups is 1. The normalized spacial score (nSPS) is 11.9. The highest BCUT2D eigenvalue weighted by Crippen LogP contribution is 2.17. The van der Waals surface area contributed by atoms with Crippen LogP contribution in [0.4, 0.5) is 5.69 Å². The molecule has 0 bridgehead atoms. The van der Waals surface area contributed by atoms with Gasteiger partial charge in [-0.05, 0) is 44.2 Å². The summed E-state index contributed by atoms with van der Waals surface area (Å²) in [6.07, 6.45) is 0. The standard InChI is InChI=1S/C17H17ClN2O4S/c1-3-24-17(21)16(20-19-14-6-4-5-13(18)11-14)25(22,23)15-9-7-12(2)8-10-15/h4-11,19H,3H2,1-2H3/b20-16-. The van der Waals surface area contributed by atoms with Gasteiger partial charge in [-0.2, -0.15) is 5.10 Å². The number of aryl methyl sites for hydroxylation is 1. The SMILES string of the molecule is CCOC(=O)/C(=N/Nc1cccc(Cl)c1)S(=O)(=O)c1ccc(C)cc1. The van der Waals surface area contributed by atoms with Gasteiger partial charge in [0.05, 0.1) is 17.2 Å². The lowest BCUT2D eigenvalue weighted by atomic mass is 10.2. The minimum atomic E-state index is -4.14. The van der Waals surface area contributed by atoms with E-state index in [9.17, 15) is 13.2 Å². The van der Waals surface area contributed by atoms with Gasteiger partial charge in [0.2, 0.25) is 9.84 Å². The molecule has 1 N–H and O–H groups in total. The molecule has 0 aliphatic carbocycles. The van der Waals surface area contributed by atoms with Crippen molar-refractivity contribution in [2.75, 3.05) is 12.0 Å². The number of esters is 1. The fourth-order valence-electron chi connectivity index (χ4n) is 1.91. The fraction of sp³-hybridized carbons (Fsp3) is 0.176. The molecule has 132 valence electrons. The molecule has 0 radical (unpaired) electrons. The van der Waals surface area contributed by atoms with Gasteiger partial charge in [0.1, 0.15) is 0 Å². The van der Waals surface area contributed by atoms with E-state index >= 15 is 0 Å². The van der Waals surface area contributed by atoms with Crippen LogP contribution in [0.5, 0.6) is 0 Å². The Bertz CT molecular complexity index is 893. The van der Waals surface area contributed by atoms with Crippen molar-refractivity contribution < 1.29 is 17.9 Å². The van der Waals surface area contributed by atoms with Gasteiger partial charge in [0.15, 0.2) is 0 Å². The number of halogens is 1. The maximum Gasteiger partial charge on any atom is 0.371 e. The van der Waals surface area contributed by atoms with Crippen LogP contribution >= 0.6 is 11.6 Å². The van der Waals surface area contributed by atoms with Crippen LogP contribution in [-0.2, 0) is 19.4 Å². The van der Waals surface area contributed by atoms with Crippen molar-refractivity contribution in [3.05, 3.63) is 59.1 Å². The molecule has 0 unspecified atom stereocenters. The number of rotatable bonds is 4. The van der Waals surface area contributed by atoms with Gasteiger partial charge in [0, 0.05) is 5.02 Å². The predicted octanol–water partition coefficient (Wildman–Crippen LogP) is 3.41. The van der Waals surface area contributed by atoms with Crippen molar-refractivity contribution in [1.29, 1.82) is 0 Å². The van der Waals surface area contributed by atoms with Gasteiger partial charge in [-0.15, -0.1) is 0 Å². The van der Waals surface area contributed by atoms with Crippen molar-refractivity contribution in [2.24, 2.45) is 5.10 Å². The molecule has 0 saturated carbocycles. The lowest BCUT2D eigenvalue weighted by molar-refractivity contribution is -0.134. The highest BCUT2D eigenvalue weighted by Gasteiger charge is 2.30. The molecule has 0 amide bonds. The average Bonchev–Trinajstić information content (AvgIpc) is 2.55. The molecule has 0 heterocycles. The number of ether oxygens (including phenoxy) is 1. The maximum atomic E-state index is 12.8. The summed E-state index contributed by atoms with van der Waals surface area (Å²) in [5.74, 6) is -1.03. The van der Waals surface area contributed by atoms with Crippen LogP contribution in [0.3, 0.4) is 0 Å². The molecule has 0 aromatic heterocycles. The Labute approximate surface area is 151 Å². The monoisotopic (exact) mass is 380 g/mol. The number of carbonyl (C=O) groups is 1. The highest BCUT2D eigenvalue weighted by atomic mass is 35.5. The Morgan fingerprint density at radius 1 is 1.20 bits per heavy atom. The van der Waals surface area contributed by atoms with Crippen molar-refractivity contribution >= 4 is 38.1 Å². The third-order valence-corrected chi connectivity index (χ3v) is 5.04. The second-order valence-electron chi connectivity index (χ2n) is 5.08. The summed E-state index contributed by atoms with van der Waals surface area (Å²) in [5, 5.41) is 3.49. The van der Waals surface area contributed by atoms with Crippen LogP contribution in [0.2, 0.25) is 5.02 Å². The minimum absolute atomic E-state index is 0.0262. The van der Waals surface area contributed by atoms with Crippen molar-refractivity contribution in [2.45, 2.75) is 18.7 Å². The third-order valence-electron chi connectivity index (χ3n) is 3.15. The molecule has 0 atom stereocenters. The van der Waals surface area contributed by atoms with Crippen molar-refractivity contribution in [3.8, 4) is 0 Å². The summed E-state index contributed by atoms with van der Waals surface area (Å²) < 4.78 is 30.3. The van der Waals surface area contributed by atoms with Crippen LogP contribution in [-0.4, -0.2) is 26.0 Å². The van der Waals surface area contributed by atoms with Gasteiger partial charge in [-0.1, -0.05) is 35.4 Å². The number of nitrogens with zero attached hydrogens (tertiary/aromatic N) is 1. The number of nitrogens with one attached hydrogen (secondary N) is 1. The first-order valence-corrected chi connectivity index (χ1v) is 9.29. The topological polar surface area (TPSA) is 84.8 Å². The molecule has 2 aromatic rings. The van der Waals surface area contributed by atoms with E-state index in [1.807, 2.05) is 6.92 Å². The van der Waals surface area contributed by atoms with E-state index in [0.29, 0.717) is 10.7 Å². The Morgan fingerprint density at radius 2 is 1.88 bits per heavy atom. The fourth-order valence-corrected chi connectivity index (χ4v) is 3.26. The summed E-state index contributed by atoms with van der Waals surface area (Å²) in [5.41, 5.74) is 3.87. The van der Waals surface area contributed by atoms with E-state index in [4.69, 9.17) is 16.3 Å². The minimum Gasteiger partial charge on any atom is -0.461 e. The predicted molar refractivity (Wildman–Crippen MR) is 97.5 cm³/mol. The van der Waals surface area contributed by atoms with Crippen molar-refractivity contribution in [3.63, 3.8) is 0 Å². The lowest BCUT2D eigenvalue weighted by Gasteiger charge is -2.09. The number of anilines is 1. The third kappa shape index (κ3) is 4.80. The zero-order valence-corrected chi connectivity index (χ0v) is 15.3. The average molecular weight is 381 g/mol. The summed E-state index contributed by atoms with van der Waals surface area (Å²) in [7, 11) is -4.14. The Kier molecular flexibility index (Phi) is 6.17. The first-order valence-electron chi connectivity index (χ1n) is 7.42. The first kappa shape index (κ1) is 19.0. The number of hydrogen-bond donors (Lipinski definition) is 1. The van der Waals surface area contributed by atoms with Gasteiger partial charge in [-0.3, -0.25) is 5.43 Å². The second kappa shape index (κ2) is 8.13. The molecule has 0 fully saturated rings. The molecule has 6 nitrogen and oxygen atoms in total. The molecular formula is C17H17ClN2O4S. The van der Waals surface area contributed by atoms with E-state index in [1.165, 1.54) is 12.1 Å². The summed E-state index contributed by atoms with van der Waals surface area (Å²) >= 11 is 5.87. The number of hydrogen-bond acceptors (Lipinski definition) is 6. The molecule has 0 aliphatic heterocycles. The molecular weight excluding hydrogens is 364 g/mol. The van der Waals surface area contributed by atoms with Crippen LogP contribution in [0.15, 0.2) is 58.5 Å². The van der Waals surface area contributed by atoms with Gasteiger partial charge >= 0.3 is 5.97 Å². The van der Waals surface area contributed by atoms with E-state index in [0.717, 1.165) is 5.56 Å². The Balaban J connectivity index is 2.43. The van der Waals surface area contributed by atoms with Gasteiger partial charge in [-0.25, -0.2) is 13.2 Å². The van der Waals surface area contributed by atoms with E-state index in [2.05, 4.69) is 10.5 Å². The largest absolute Gasteiger partial charge is 0.461 e. The molecule has 0 spiro atoms. The van der Waals surface area contributed by atoms with E-state index < -0.39 is 20.9 Å². The molecule has 2 aromatic carbocycles. The van der Waals surface area contributed by atoms with E-state index in [1.54, 1.807) is 43.3 Å². The van der Waals surface area contributed by atoms with Gasteiger partial charge < -0.3 is 4.74 Å². The molecule has 0 saturated heterocycles. The summed E-state index contributed by atoms with van der Waals surface area (Å²) in [6, 6.07) is 12.6. The van der Waals surface area contributed by atoms with Crippen LogP contribution in [0.25, 0.3) is 0 Å². The number of carbonyl (C=O) groups excluding carboxylic acids is 1. The zero-order chi connectivity index (χ0) is 18.4. The molecule has 0 aliphatic rings. The molecule has 8 heteroatoms. The molecule has 25 heavy (non-hydrogen) atoms. The van der Waals surface area contributed by atoms with Gasteiger partial charge in [0.25, 0.3) is 5.04 Å². The van der Waals surface area contributed by atoms with Crippen LogP contribution in [0, 0.1) is 6.92 Å². The quantitative estimate of drug-likeness (QED) is 0.380. The Hall–Kier alpha value is -2.38. The zero-order valence-electron chi connectivity index (χ0n) is 13.7. The van der Waals surface area contributed by atoms with Crippen LogP contribution in [0.1, 0.15) is 12.5 Å². The smallest absolute Gasteiger partial charge is 0.371 e. The second-order valence-corrected chi connectivity index (χ2v) is 7.38.